The molecule has 0 amide bonds. The van der Waals surface area contributed by atoms with Crippen molar-refractivity contribution in [2.45, 2.75) is 51.5 Å². The predicted molar refractivity (Wildman–Crippen MR) is 124 cm³/mol. The van der Waals surface area contributed by atoms with E-state index in [0.717, 1.165) is 20.8 Å². The van der Waals surface area contributed by atoms with Crippen LogP contribution in [0.5, 0.6) is 0 Å². The van der Waals surface area contributed by atoms with Crippen LogP contribution in [0.15, 0.2) is 60.7 Å². The van der Waals surface area contributed by atoms with E-state index in [1.165, 1.54) is 24.3 Å². The Morgan fingerprint density at radius 3 is 1.57 bits per heavy atom. The van der Waals surface area contributed by atoms with Crippen LogP contribution in [0.25, 0.3) is 0 Å². The van der Waals surface area contributed by atoms with Gasteiger partial charge in [0.05, 0.1) is 11.1 Å². The molecule has 11 heteroatoms. The molecule has 196 valence electrons. The van der Waals surface area contributed by atoms with E-state index in [1.54, 1.807) is 36.4 Å². The molecule has 0 aliphatic carbocycles. The van der Waals surface area contributed by atoms with Crippen LogP contribution in [-0.2, 0) is 42.8 Å². The summed E-state index contributed by atoms with van der Waals surface area (Å²) in [6.07, 6.45) is -7.29. The Balaban J connectivity index is 2.03. The van der Waals surface area contributed by atoms with E-state index in [4.69, 9.17) is 28.4 Å². The van der Waals surface area contributed by atoms with E-state index in [9.17, 15) is 24.0 Å². The molecule has 1 fully saturated rings. The number of carbonyl (C=O) groups is 5. The smallest absolute Gasteiger partial charge is 0.338 e. The van der Waals surface area contributed by atoms with Gasteiger partial charge in [-0.3, -0.25) is 14.4 Å². The highest BCUT2D eigenvalue weighted by Crippen LogP contribution is 2.31. The topological polar surface area (TPSA) is 141 Å². The van der Waals surface area contributed by atoms with E-state index in [2.05, 4.69) is 0 Å². The quantitative estimate of drug-likeness (QED) is 0.378. The van der Waals surface area contributed by atoms with Crippen molar-refractivity contribution >= 4 is 29.8 Å². The molecule has 11 nitrogen and oxygen atoms in total. The molecule has 0 saturated carbocycles. The lowest BCUT2D eigenvalue weighted by Gasteiger charge is -2.43. The highest BCUT2D eigenvalue weighted by atomic mass is 16.7. The van der Waals surface area contributed by atoms with Crippen LogP contribution in [0.3, 0.4) is 0 Å². The third-order valence-corrected chi connectivity index (χ3v) is 5.13. The van der Waals surface area contributed by atoms with Crippen LogP contribution in [-0.4, -0.2) is 67.2 Å². The monoisotopic (exact) mass is 514 g/mol. The summed E-state index contributed by atoms with van der Waals surface area (Å²) in [5, 5.41) is 0. The van der Waals surface area contributed by atoms with Crippen LogP contribution in [0, 0.1) is 0 Å². The molecule has 1 aliphatic rings. The van der Waals surface area contributed by atoms with E-state index >= 15 is 0 Å². The van der Waals surface area contributed by atoms with Gasteiger partial charge in [0.15, 0.2) is 12.2 Å². The first-order valence-corrected chi connectivity index (χ1v) is 11.3. The molecule has 3 rings (SSSR count). The number of benzene rings is 2. The van der Waals surface area contributed by atoms with Gasteiger partial charge in [0.25, 0.3) is 0 Å². The van der Waals surface area contributed by atoms with Crippen molar-refractivity contribution in [1.82, 2.24) is 0 Å². The Bertz CT molecular complexity index is 1120. The van der Waals surface area contributed by atoms with Gasteiger partial charge in [0, 0.05) is 20.8 Å². The van der Waals surface area contributed by atoms with Crippen molar-refractivity contribution < 1.29 is 52.4 Å². The molecule has 0 spiro atoms. The van der Waals surface area contributed by atoms with Gasteiger partial charge in [-0.15, -0.1) is 0 Å². The van der Waals surface area contributed by atoms with Crippen molar-refractivity contribution in [3.05, 3.63) is 71.8 Å². The first-order chi connectivity index (χ1) is 17.7. The van der Waals surface area contributed by atoms with Crippen LogP contribution in [0.1, 0.15) is 41.5 Å². The lowest BCUT2D eigenvalue weighted by Crippen LogP contribution is -2.63. The maximum Gasteiger partial charge on any atom is 0.338 e. The zero-order valence-corrected chi connectivity index (χ0v) is 20.4. The molecule has 2 aromatic rings. The Labute approximate surface area is 212 Å². The van der Waals surface area contributed by atoms with Gasteiger partial charge in [-0.05, 0) is 24.3 Å². The third kappa shape index (κ3) is 7.61. The average molecular weight is 514 g/mol. The fourth-order valence-corrected chi connectivity index (χ4v) is 3.60. The van der Waals surface area contributed by atoms with Gasteiger partial charge in [-0.2, -0.15) is 0 Å². The summed E-state index contributed by atoms with van der Waals surface area (Å²) in [5.41, 5.74) is 0.331. The summed E-state index contributed by atoms with van der Waals surface area (Å²) < 4.78 is 32.7. The second-order valence-corrected chi connectivity index (χ2v) is 8.00. The highest BCUT2D eigenvalue weighted by molar-refractivity contribution is 5.90. The summed E-state index contributed by atoms with van der Waals surface area (Å²) in [7, 11) is 0. The molecule has 0 N–H and O–H groups in total. The van der Waals surface area contributed by atoms with Gasteiger partial charge in [0.1, 0.15) is 12.7 Å². The molecule has 5 atom stereocenters. The van der Waals surface area contributed by atoms with Crippen molar-refractivity contribution in [3.63, 3.8) is 0 Å². The minimum Gasteiger partial charge on any atom is -0.463 e. The minimum absolute atomic E-state index is 0.157. The molecule has 2 aromatic carbocycles. The Hall–Kier alpha value is -4.25. The second kappa shape index (κ2) is 12.6. The maximum absolute atomic E-state index is 13.0. The van der Waals surface area contributed by atoms with Gasteiger partial charge in [0.2, 0.25) is 12.4 Å². The lowest BCUT2D eigenvalue weighted by atomic mass is 9.97. The Kier molecular flexibility index (Phi) is 9.33. The largest absolute Gasteiger partial charge is 0.463 e. The first kappa shape index (κ1) is 27.3. The van der Waals surface area contributed by atoms with Gasteiger partial charge in [-0.1, -0.05) is 36.4 Å². The molecule has 0 aromatic heterocycles. The van der Waals surface area contributed by atoms with Gasteiger partial charge < -0.3 is 28.4 Å². The summed E-state index contributed by atoms with van der Waals surface area (Å²) >= 11 is 0. The van der Waals surface area contributed by atoms with Gasteiger partial charge in [-0.25, -0.2) is 9.59 Å². The third-order valence-electron chi connectivity index (χ3n) is 5.13. The van der Waals surface area contributed by atoms with Crippen LogP contribution < -0.4 is 0 Å². The number of rotatable bonds is 8. The lowest BCUT2D eigenvalue weighted by molar-refractivity contribution is -0.294. The van der Waals surface area contributed by atoms with Crippen molar-refractivity contribution in [3.8, 4) is 0 Å². The molecular formula is C26H26O11. The molecule has 1 heterocycles. The molecular weight excluding hydrogens is 488 g/mol. The zero-order chi connectivity index (χ0) is 26.9. The van der Waals surface area contributed by atoms with Crippen LogP contribution in [0.2, 0.25) is 0 Å². The summed E-state index contributed by atoms with van der Waals surface area (Å²) in [6.45, 7) is 2.90. The normalized spacial score (nSPS) is 22.7. The maximum atomic E-state index is 13.0. The fraction of sp³-hybridized carbons (Fsp3) is 0.346. The number of ether oxygens (including phenoxy) is 6. The second-order valence-electron chi connectivity index (χ2n) is 8.00. The van der Waals surface area contributed by atoms with E-state index in [-0.39, 0.29) is 11.1 Å². The number of hydrogen-bond acceptors (Lipinski definition) is 11. The highest BCUT2D eigenvalue weighted by Gasteiger charge is 2.54. The predicted octanol–water partition coefficient (Wildman–Crippen LogP) is 2.22. The van der Waals surface area contributed by atoms with Crippen molar-refractivity contribution in [1.29, 1.82) is 0 Å². The number of hydrogen-bond donors (Lipinski definition) is 0. The Morgan fingerprint density at radius 1 is 0.622 bits per heavy atom. The minimum atomic E-state index is -1.57. The van der Waals surface area contributed by atoms with Crippen molar-refractivity contribution in [2.24, 2.45) is 0 Å². The average Bonchev–Trinajstić information content (AvgIpc) is 2.86. The summed E-state index contributed by atoms with van der Waals surface area (Å²) in [5.74, 6) is -3.91. The molecule has 1 aliphatic heterocycles. The Morgan fingerprint density at radius 2 is 1.11 bits per heavy atom. The molecule has 0 radical (unpaired) electrons. The van der Waals surface area contributed by atoms with Gasteiger partial charge >= 0.3 is 29.8 Å². The number of esters is 5. The van der Waals surface area contributed by atoms with Crippen LogP contribution in [0.4, 0.5) is 0 Å². The van der Waals surface area contributed by atoms with E-state index in [1.807, 2.05) is 0 Å². The van der Waals surface area contributed by atoms with Crippen LogP contribution >= 0.6 is 0 Å². The molecule has 37 heavy (non-hydrogen) atoms. The van der Waals surface area contributed by atoms with Crippen molar-refractivity contribution in [2.75, 3.05) is 6.61 Å². The molecule has 1 saturated heterocycles. The first-order valence-electron chi connectivity index (χ1n) is 11.3. The summed E-state index contributed by atoms with van der Waals surface area (Å²) in [4.78, 5) is 61.2. The molecule has 0 bridgehead atoms. The SMILES string of the molecule is CC(=O)OC[C@H]1O[C@H](OC(C)=O)[C@@H](OC(C)=O)[C@@H](OC(=O)c2ccccc2)[C@@H]1OC(=O)c1ccccc1. The molecule has 0 unspecified atom stereocenters. The number of carbonyl (C=O) groups excluding carboxylic acids is 5. The fourth-order valence-electron chi connectivity index (χ4n) is 3.60. The standard InChI is InChI=1S/C26H26O11/c1-15(27)32-14-20-21(36-24(30)18-10-6-4-7-11-18)22(37-25(31)19-12-8-5-9-13-19)23(33-16(2)28)26(35-20)34-17(3)29/h4-13,20-23,26H,14H2,1-3H3/t20-,21-,22+,23+,26+/m1/s1. The van der Waals surface area contributed by atoms with E-state index < -0.39 is 67.2 Å². The summed E-state index contributed by atoms with van der Waals surface area (Å²) in [6, 6.07) is 15.9. The van der Waals surface area contributed by atoms with E-state index in [0.29, 0.717) is 0 Å². The zero-order valence-electron chi connectivity index (χ0n) is 20.4.